The summed E-state index contributed by atoms with van der Waals surface area (Å²) in [4.78, 5) is 21.1. The summed E-state index contributed by atoms with van der Waals surface area (Å²) in [7, 11) is -3.75. The van der Waals surface area contributed by atoms with Gasteiger partial charge in [0.05, 0.1) is 11.3 Å². The van der Waals surface area contributed by atoms with E-state index >= 15 is 0 Å². The average Bonchev–Trinajstić information content (AvgIpc) is 2.27. The van der Waals surface area contributed by atoms with Crippen LogP contribution >= 0.6 is 0 Å². The molecule has 0 saturated heterocycles. The van der Waals surface area contributed by atoms with E-state index in [0.29, 0.717) is 23.1 Å². The molecule has 1 aliphatic rings. The first-order valence-electron chi connectivity index (χ1n) is 4.27. The first kappa shape index (κ1) is 10.4. The molecule has 0 saturated carbocycles. The molecule has 7 nitrogen and oxygen atoms in total. The van der Waals surface area contributed by atoms with Crippen molar-refractivity contribution in [2.75, 3.05) is 4.72 Å². The molecular weight excluding hydrogens is 232 g/mol. The summed E-state index contributed by atoms with van der Waals surface area (Å²) >= 11 is 0. The SMILES string of the molecule is NC1=N[SH](=O)(N=O)Nc2cccc(C=O)c21. The van der Waals surface area contributed by atoms with E-state index < -0.39 is 10.5 Å². The maximum atomic E-state index is 11.6. The number of rotatable bonds is 2. The molecule has 0 radical (unpaired) electrons. The highest BCUT2D eigenvalue weighted by Crippen LogP contribution is 2.27. The van der Waals surface area contributed by atoms with Crippen molar-refractivity contribution in [3.05, 3.63) is 34.2 Å². The van der Waals surface area contributed by atoms with Crippen molar-refractivity contribution in [2.45, 2.75) is 0 Å². The monoisotopic (exact) mass is 240 g/mol. The molecule has 0 fully saturated rings. The van der Waals surface area contributed by atoms with Crippen LogP contribution in [0.4, 0.5) is 5.69 Å². The summed E-state index contributed by atoms with van der Waals surface area (Å²) in [6.45, 7) is 0. The van der Waals surface area contributed by atoms with Gasteiger partial charge >= 0.3 is 0 Å². The molecule has 0 spiro atoms. The van der Waals surface area contributed by atoms with E-state index in [0.717, 1.165) is 0 Å². The van der Waals surface area contributed by atoms with Gasteiger partial charge in [0.25, 0.3) is 0 Å². The van der Waals surface area contributed by atoms with Gasteiger partial charge in [0, 0.05) is 10.1 Å². The molecule has 0 aromatic heterocycles. The van der Waals surface area contributed by atoms with Gasteiger partial charge in [-0.05, 0) is 6.07 Å². The van der Waals surface area contributed by atoms with E-state index in [1.165, 1.54) is 0 Å². The van der Waals surface area contributed by atoms with Crippen molar-refractivity contribution in [1.29, 1.82) is 0 Å². The highest BCUT2D eigenvalue weighted by molar-refractivity contribution is 8.02. The van der Waals surface area contributed by atoms with Gasteiger partial charge in [-0.3, -0.25) is 9.52 Å². The standard InChI is InChI=1S/C8H8N4O3S/c9-8-7-5(4-13)2-1-3-6(7)10-16(15,11-8)12-14/h1-4,16H,(H3,9,10,11,15). The van der Waals surface area contributed by atoms with Gasteiger partial charge in [0.15, 0.2) is 16.8 Å². The van der Waals surface area contributed by atoms with Gasteiger partial charge in [-0.25, -0.2) is 4.21 Å². The minimum absolute atomic E-state index is 0.126. The number of nitroso groups, excluding NO2 is 1. The van der Waals surface area contributed by atoms with Crippen LogP contribution in [0, 0.1) is 4.91 Å². The Morgan fingerprint density at radius 2 is 2.25 bits per heavy atom. The number of nitrogens with zero attached hydrogens (tertiary/aromatic N) is 2. The number of carbonyl (C=O) groups excluding carboxylic acids is 1. The van der Waals surface area contributed by atoms with Crippen LogP contribution in [-0.2, 0) is 10.5 Å². The summed E-state index contributed by atoms with van der Waals surface area (Å²) in [5, 5.41) is 0. The van der Waals surface area contributed by atoms with Crippen LogP contribution in [0.3, 0.4) is 0 Å². The fourth-order valence-electron chi connectivity index (χ4n) is 1.46. The lowest BCUT2D eigenvalue weighted by Gasteiger charge is -2.23. The molecule has 0 aliphatic carbocycles. The number of fused-ring (bicyclic) bond motifs is 1. The predicted molar refractivity (Wildman–Crippen MR) is 61.5 cm³/mol. The fourth-order valence-corrected chi connectivity index (χ4v) is 2.48. The second-order valence-corrected chi connectivity index (χ2v) is 4.79. The van der Waals surface area contributed by atoms with Gasteiger partial charge in [-0.2, -0.15) is 4.40 Å². The third kappa shape index (κ3) is 1.48. The number of nitrogens with two attached hydrogens (primary N) is 1. The first-order chi connectivity index (χ1) is 7.59. The van der Waals surface area contributed by atoms with E-state index in [-0.39, 0.29) is 5.84 Å². The van der Waals surface area contributed by atoms with Crippen molar-refractivity contribution in [1.82, 2.24) is 0 Å². The lowest BCUT2D eigenvalue weighted by Crippen LogP contribution is -2.30. The van der Waals surface area contributed by atoms with Crippen LogP contribution in [0.5, 0.6) is 0 Å². The summed E-state index contributed by atoms with van der Waals surface area (Å²) in [5.74, 6) is -0.126. The summed E-state index contributed by atoms with van der Waals surface area (Å²) in [6, 6.07) is 4.66. The van der Waals surface area contributed by atoms with Crippen LogP contribution in [0.1, 0.15) is 15.9 Å². The Bertz CT molecular complexity index is 554. The molecule has 1 aliphatic heterocycles. The van der Waals surface area contributed by atoms with E-state index in [1.54, 1.807) is 18.2 Å². The highest BCUT2D eigenvalue weighted by Gasteiger charge is 2.24. The van der Waals surface area contributed by atoms with Crippen LogP contribution < -0.4 is 10.5 Å². The van der Waals surface area contributed by atoms with Gasteiger partial charge in [0.2, 0.25) is 0 Å². The molecule has 0 atom stereocenters. The molecule has 0 amide bonds. The quantitative estimate of drug-likeness (QED) is 0.388. The zero-order valence-electron chi connectivity index (χ0n) is 7.95. The molecule has 1 aromatic rings. The number of hydrogen-bond donors (Lipinski definition) is 3. The van der Waals surface area contributed by atoms with Gasteiger partial charge in [-0.1, -0.05) is 12.1 Å². The Hall–Kier alpha value is -2.09. The number of nitrogens with one attached hydrogen (secondary N) is 1. The van der Waals surface area contributed by atoms with E-state index in [9.17, 15) is 13.9 Å². The lowest BCUT2D eigenvalue weighted by atomic mass is 10.1. The smallest absolute Gasteiger partial charge is 0.168 e. The zero-order chi connectivity index (χ0) is 11.8. The number of aldehydes is 1. The second kappa shape index (κ2) is 3.49. The Morgan fingerprint density at radius 1 is 1.50 bits per heavy atom. The zero-order valence-corrected chi connectivity index (χ0v) is 8.85. The number of hydrogen-bond acceptors (Lipinski definition) is 4. The van der Waals surface area contributed by atoms with E-state index in [2.05, 4.69) is 13.7 Å². The van der Waals surface area contributed by atoms with Gasteiger partial charge in [0.1, 0.15) is 5.84 Å². The van der Waals surface area contributed by atoms with E-state index in [1.807, 2.05) is 0 Å². The number of benzene rings is 1. The van der Waals surface area contributed by atoms with Crippen molar-refractivity contribution in [3.63, 3.8) is 0 Å². The summed E-state index contributed by atoms with van der Waals surface area (Å²) in [5.41, 5.74) is 6.52. The first-order valence-corrected chi connectivity index (χ1v) is 5.88. The number of anilines is 1. The molecule has 8 heteroatoms. The average molecular weight is 240 g/mol. The van der Waals surface area contributed by atoms with Crippen molar-refractivity contribution >= 4 is 28.3 Å². The molecule has 2 rings (SSSR count). The number of amidine groups is 1. The lowest BCUT2D eigenvalue weighted by molar-refractivity contribution is 0.112. The van der Waals surface area contributed by atoms with Gasteiger partial charge in [-0.15, -0.1) is 4.91 Å². The Kier molecular flexibility index (Phi) is 2.27. The van der Waals surface area contributed by atoms with Crippen LogP contribution in [0.2, 0.25) is 0 Å². The van der Waals surface area contributed by atoms with Crippen LogP contribution in [0.25, 0.3) is 0 Å². The minimum atomic E-state index is -3.75. The van der Waals surface area contributed by atoms with Crippen LogP contribution in [0.15, 0.2) is 27.2 Å². The Morgan fingerprint density at radius 3 is 2.88 bits per heavy atom. The largest absolute Gasteiger partial charge is 0.382 e. The maximum absolute atomic E-state index is 11.6. The number of thiol groups is 1. The Labute approximate surface area is 91.5 Å². The van der Waals surface area contributed by atoms with Gasteiger partial charge < -0.3 is 5.73 Å². The topological polar surface area (TPSA) is 114 Å². The predicted octanol–water partition coefficient (Wildman–Crippen LogP) is 0.158. The number of carbonyl (C=O) groups is 1. The molecule has 0 bridgehead atoms. The van der Waals surface area contributed by atoms with Crippen molar-refractivity contribution < 1.29 is 9.00 Å². The summed E-state index contributed by atoms with van der Waals surface area (Å²) < 4.78 is 19.9. The Balaban J connectivity index is 2.68. The third-order valence-corrected chi connectivity index (χ3v) is 3.34. The molecule has 1 aromatic carbocycles. The molecule has 0 unspecified atom stereocenters. The molecule has 84 valence electrons. The highest BCUT2D eigenvalue weighted by atomic mass is 32.3. The molecule has 3 N–H and O–H groups in total. The maximum Gasteiger partial charge on any atom is 0.168 e. The minimum Gasteiger partial charge on any atom is -0.382 e. The second-order valence-electron chi connectivity index (χ2n) is 3.11. The molecular formula is C8H8N4O3S. The van der Waals surface area contributed by atoms with Crippen LogP contribution in [-0.4, -0.2) is 16.3 Å². The third-order valence-electron chi connectivity index (χ3n) is 2.10. The van der Waals surface area contributed by atoms with Crippen molar-refractivity contribution in [3.8, 4) is 0 Å². The summed E-state index contributed by atoms with van der Waals surface area (Å²) in [6.07, 6.45) is 0.605. The fraction of sp³-hybridized carbons (Fsp3) is 0. The van der Waals surface area contributed by atoms with Crippen molar-refractivity contribution in [2.24, 2.45) is 14.7 Å². The molecule has 1 heterocycles. The normalized spacial score (nSPS) is 18.6. The molecule has 16 heavy (non-hydrogen) atoms. The van der Waals surface area contributed by atoms with E-state index in [4.69, 9.17) is 5.73 Å².